The first-order valence-corrected chi connectivity index (χ1v) is 13.4. The maximum Gasteiger partial charge on any atom is 0.259 e. The number of fused-ring (bicyclic) bond motifs is 2. The predicted molar refractivity (Wildman–Crippen MR) is 137 cm³/mol. The summed E-state index contributed by atoms with van der Waals surface area (Å²) in [5.74, 6) is -0.914. The van der Waals surface area contributed by atoms with Gasteiger partial charge in [0.2, 0.25) is 0 Å². The van der Waals surface area contributed by atoms with E-state index < -0.39 is 10.8 Å². The van der Waals surface area contributed by atoms with Crippen LogP contribution in [0.3, 0.4) is 0 Å². The Bertz CT molecular complexity index is 1310. The Balaban J connectivity index is 1.43. The molecule has 2 aliphatic heterocycles. The average molecular weight is 506 g/mol. The van der Waals surface area contributed by atoms with Crippen LogP contribution in [0, 0.1) is 5.82 Å². The fourth-order valence-corrected chi connectivity index (χ4v) is 6.09. The highest BCUT2D eigenvalue weighted by atomic mass is 32.2. The van der Waals surface area contributed by atoms with Gasteiger partial charge in [-0.1, -0.05) is 24.3 Å². The lowest BCUT2D eigenvalue weighted by atomic mass is 10.1. The number of carbonyl (C=O) groups is 2. The zero-order chi connectivity index (χ0) is 25.1. The standard InChI is InChI=1S/C28H28FN3O3S/c29-22-11-8-20(9-12-22)19-32-24-18-21(27(33)30-14-5-17-31-15-3-4-16-31)10-13-26(24)36(35)25-7-2-1-6-23(25)28(32)34/h1-2,6-13,18H,3-5,14-17,19H2,(H,30,33)/t36-/m0/s1. The van der Waals surface area contributed by atoms with E-state index in [0.29, 0.717) is 33.2 Å². The van der Waals surface area contributed by atoms with Gasteiger partial charge >= 0.3 is 0 Å². The Morgan fingerprint density at radius 1 is 0.972 bits per heavy atom. The van der Waals surface area contributed by atoms with Gasteiger partial charge < -0.3 is 15.1 Å². The summed E-state index contributed by atoms with van der Waals surface area (Å²) < 4.78 is 27.0. The average Bonchev–Trinajstić information content (AvgIpc) is 3.41. The van der Waals surface area contributed by atoms with Gasteiger partial charge in [0.15, 0.2) is 0 Å². The fraction of sp³-hybridized carbons (Fsp3) is 0.286. The number of anilines is 1. The number of amides is 2. The van der Waals surface area contributed by atoms with E-state index in [1.807, 2.05) is 0 Å². The van der Waals surface area contributed by atoms with Crippen LogP contribution in [-0.2, 0) is 17.3 Å². The highest BCUT2D eigenvalue weighted by Gasteiger charge is 2.31. The van der Waals surface area contributed by atoms with E-state index in [1.54, 1.807) is 54.6 Å². The number of rotatable bonds is 7. The van der Waals surface area contributed by atoms with E-state index in [9.17, 15) is 18.2 Å². The fourth-order valence-electron chi connectivity index (χ4n) is 4.75. The van der Waals surface area contributed by atoms with Crippen molar-refractivity contribution in [3.8, 4) is 0 Å². The van der Waals surface area contributed by atoms with Crippen molar-refractivity contribution in [3.05, 3.63) is 89.2 Å². The molecule has 5 rings (SSSR count). The molecule has 6 nitrogen and oxygen atoms in total. The lowest BCUT2D eigenvalue weighted by molar-refractivity contribution is 0.0948. The summed E-state index contributed by atoms with van der Waals surface area (Å²) in [7, 11) is -1.60. The zero-order valence-corrected chi connectivity index (χ0v) is 20.7. The van der Waals surface area contributed by atoms with Gasteiger partial charge in [-0.2, -0.15) is 0 Å². The van der Waals surface area contributed by atoms with Gasteiger partial charge in [0.05, 0.1) is 38.4 Å². The lowest BCUT2D eigenvalue weighted by Gasteiger charge is -2.23. The normalized spacial score (nSPS) is 17.4. The van der Waals surface area contributed by atoms with Crippen molar-refractivity contribution in [2.75, 3.05) is 31.1 Å². The molecule has 1 saturated heterocycles. The van der Waals surface area contributed by atoms with Crippen molar-refractivity contribution in [1.29, 1.82) is 0 Å². The van der Waals surface area contributed by atoms with Crippen LogP contribution in [0.25, 0.3) is 0 Å². The Hall–Kier alpha value is -3.36. The maximum absolute atomic E-state index is 13.6. The van der Waals surface area contributed by atoms with E-state index >= 15 is 0 Å². The van der Waals surface area contributed by atoms with Gasteiger partial charge in [0, 0.05) is 12.1 Å². The summed E-state index contributed by atoms with van der Waals surface area (Å²) in [6.07, 6.45) is 3.34. The molecule has 2 amide bonds. The van der Waals surface area contributed by atoms with Crippen molar-refractivity contribution in [1.82, 2.24) is 10.2 Å². The molecular weight excluding hydrogens is 477 g/mol. The molecule has 3 aromatic rings. The number of hydrogen-bond acceptors (Lipinski definition) is 4. The van der Waals surface area contributed by atoms with Gasteiger partial charge in [-0.25, -0.2) is 8.60 Å². The molecule has 0 radical (unpaired) electrons. The molecule has 0 spiro atoms. The smallest absolute Gasteiger partial charge is 0.259 e. The number of nitrogens with one attached hydrogen (secondary N) is 1. The summed E-state index contributed by atoms with van der Waals surface area (Å²) in [5, 5.41) is 2.97. The molecule has 0 saturated carbocycles. The van der Waals surface area contributed by atoms with Crippen LogP contribution in [-0.4, -0.2) is 47.1 Å². The second kappa shape index (κ2) is 10.7. The van der Waals surface area contributed by atoms with Crippen LogP contribution >= 0.6 is 0 Å². The summed E-state index contributed by atoms with van der Waals surface area (Å²) in [5.41, 5.74) is 1.89. The Morgan fingerprint density at radius 2 is 1.72 bits per heavy atom. The van der Waals surface area contributed by atoms with Crippen LogP contribution in [0.5, 0.6) is 0 Å². The van der Waals surface area contributed by atoms with Crippen molar-refractivity contribution in [2.45, 2.75) is 35.6 Å². The Labute approximate surface area is 212 Å². The molecule has 0 unspecified atom stereocenters. The van der Waals surface area contributed by atoms with Crippen LogP contribution in [0.2, 0.25) is 0 Å². The summed E-state index contributed by atoms with van der Waals surface area (Å²) in [6, 6.07) is 17.7. The number of halogens is 1. The molecule has 1 fully saturated rings. The second-order valence-corrected chi connectivity index (χ2v) is 10.5. The van der Waals surface area contributed by atoms with Gasteiger partial charge in [-0.15, -0.1) is 0 Å². The molecule has 36 heavy (non-hydrogen) atoms. The molecule has 1 atom stereocenters. The second-order valence-electron chi connectivity index (χ2n) is 9.12. The molecule has 0 aromatic heterocycles. The van der Waals surface area contributed by atoms with Crippen LogP contribution in [0.15, 0.2) is 76.5 Å². The van der Waals surface area contributed by atoms with Gasteiger partial charge in [0.25, 0.3) is 11.8 Å². The third kappa shape index (κ3) is 5.10. The molecule has 1 N–H and O–H groups in total. The van der Waals surface area contributed by atoms with Gasteiger partial charge in [0.1, 0.15) is 5.82 Å². The first-order chi connectivity index (χ1) is 17.5. The minimum atomic E-state index is -1.60. The zero-order valence-electron chi connectivity index (χ0n) is 19.9. The topological polar surface area (TPSA) is 69.7 Å². The van der Waals surface area contributed by atoms with Crippen LogP contribution < -0.4 is 10.2 Å². The number of hydrogen-bond donors (Lipinski definition) is 1. The molecule has 2 heterocycles. The first kappa shape index (κ1) is 24.3. The van der Waals surface area contributed by atoms with Crippen molar-refractivity contribution >= 4 is 28.3 Å². The maximum atomic E-state index is 13.6. The third-order valence-corrected chi connectivity index (χ3v) is 8.16. The van der Waals surface area contributed by atoms with Crippen molar-refractivity contribution in [2.24, 2.45) is 0 Å². The molecule has 8 heteroatoms. The summed E-state index contributed by atoms with van der Waals surface area (Å²) >= 11 is 0. The largest absolute Gasteiger partial charge is 0.352 e. The van der Waals surface area contributed by atoms with Crippen LogP contribution in [0.1, 0.15) is 45.5 Å². The molecule has 186 valence electrons. The van der Waals surface area contributed by atoms with Gasteiger partial charge in [-0.05, 0) is 86.9 Å². The SMILES string of the molecule is O=C(NCCCN1CCCC1)c1ccc2c(c1)N(Cc1ccc(F)cc1)C(=O)c1ccccc1[S@@]2=O. The molecule has 0 bridgehead atoms. The number of benzene rings is 3. The summed E-state index contributed by atoms with van der Waals surface area (Å²) in [4.78, 5) is 31.4. The Morgan fingerprint density at radius 3 is 2.50 bits per heavy atom. The highest BCUT2D eigenvalue weighted by Crippen LogP contribution is 2.36. The highest BCUT2D eigenvalue weighted by molar-refractivity contribution is 7.85. The van der Waals surface area contributed by atoms with E-state index in [1.165, 1.54) is 29.9 Å². The lowest BCUT2D eigenvalue weighted by Crippen LogP contribution is -2.31. The molecule has 3 aromatic carbocycles. The van der Waals surface area contributed by atoms with E-state index in [2.05, 4.69) is 10.2 Å². The quantitative estimate of drug-likeness (QED) is 0.484. The van der Waals surface area contributed by atoms with Gasteiger partial charge in [-0.3, -0.25) is 9.59 Å². The minimum Gasteiger partial charge on any atom is -0.352 e. The predicted octanol–water partition coefficient (Wildman–Crippen LogP) is 4.37. The monoisotopic (exact) mass is 505 g/mol. The first-order valence-electron chi connectivity index (χ1n) is 12.2. The summed E-state index contributed by atoms with van der Waals surface area (Å²) in [6.45, 7) is 3.91. The number of carbonyl (C=O) groups excluding carboxylic acids is 2. The van der Waals surface area contributed by atoms with Crippen molar-refractivity contribution in [3.63, 3.8) is 0 Å². The number of likely N-dealkylation sites (tertiary alicyclic amines) is 1. The van der Waals surface area contributed by atoms with E-state index in [-0.39, 0.29) is 24.2 Å². The minimum absolute atomic E-state index is 0.151. The number of nitrogens with zero attached hydrogens (tertiary/aromatic N) is 2. The Kier molecular flexibility index (Phi) is 7.25. The molecule has 0 aliphatic carbocycles. The van der Waals surface area contributed by atoms with E-state index in [0.717, 1.165) is 31.6 Å². The molecular formula is C28H28FN3O3S. The molecule has 2 aliphatic rings. The third-order valence-electron chi connectivity index (χ3n) is 6.66. The van der Waals surface area contributed by atoms with Crippen molar-refractivity contribution < 1.29 is 18.2 Å². The van der Waals surface area contributed by atoms with Crippen LogP contribution in [0.4, 0.5) is 10.1 Å². The van der Waals surface area contributed by atoms with E-state index in [4.69, 9.17) is 0 Å².